The lowest BCUT2D eigenvalue weighted by molar-refractivity contribution is 0.517. The average molecular weight is 219 g/mol. The van der Waals surface area contributed by atoms with Gasteiger partial charge in [0, 0.05) is 18.1 Å². The van der Waals surface area contributed by atoms with Gasteiger partial charge in [0.1, 0.15) is 0 Å². The summed E-state index contributed by atoms with van der Waals surface area (Å²) in [6.07, 6.45) is 4.47. The van der Waals surface area contributed by atoms with Crippen molar-refractivity contribution in [3.05, 3.63) is 24.0 Å². The summed E-state index contributed by atoms with van der Waals surface area (Å²) in [6.45, 7) is 7.67. The van der Waals surface area contributed by atoms with Crippen molar-refractivity contribution >= 4 is 5.69 Å². The Kier molecular flexibility index (Phi) is 2.89. The van der Waals surface area contributed by atoms with Crippen molar-refractivity contribution in [1.82, 2.24) is 4.98 Å². The van der Waals surface area contributed by atoms with Crippen LogP contribution in [0, 0.1) is 0 Å². The first-order valence-electron chi connectivity index (χ1n) is 6.00. The molecule has 0 radical (unpaired) electrons. The molecule has 0 unspecified atom stereocenters. The van der Waals surface area contributed by atoms with Crippen LogP contribution in [0.4, 0.5) is 5.69 Å². The van der Waals surface area contributed by atoms with E-state index in [4.69, 9.17) is 5.73 Å². The molecular formula is C13H21N3. The molecule has 2 N–H and O–H groups in total. The van der Waals surface area contributed by atoms with E-state index in [1.165, 1.54) is 18.5 Å². The Bertz CT molecular complexity index is 354. The summed E-state index contributed by atoms with van der Waals surface area (Å²) in [5.74, 6) is 0. The van der Waals surface area contributed by atoms with Crippen LogP contribution < -0.4 is 10.6 Å². The molecule has 0 aliphatic carbocycles. The lowest BCUT2D eigenvalue weighted by Gasteiger charge is -2.33. The van der Waals surface area contributed by atoms with E-state index in [0.29, 0.717) is 0 Å². The summed E-state index contributed by atoms with van der Waals surface area (Å²) in [4.78, 5) is 6.86. The van der Waals surface area contributed by atoms with E-state index in [-0.39, 0.29) is 11.6 Å². The first kappa shape index (κ1) is 11.4. The highest BCUT2D eigenvalue weighted by atomic mass is 15.2. The third-order valence-corrected chi connectivity index (χ3v) is 3.45. The molecular weight excluding hydrogens is 198 g/mol. The minimum Gasteiger partial charge on any atom is -0.365 e. The van der Waals surface area contributed by atoms with Crippen LogP contribution in [0.1, 0.15) is 45.3 Å². The van der Waals surface area contributed by atoms with Crippen molar-refractivity contribution in [2.75, 3.05) is 11.4 Å². The molecule has 1 atom stereocenters. The Hall–Kier alpha value is -1.09. The van der Waals surface area contributed by atoms with Crippen LogP contribution in [-0.2, 0) is 0 Å². The summed E-state index contributed by atoms with van der Waals surface area (Å²) in [5, 5.41) is 0. The molecule has 0 amide bonds. The van der Waals surface area contributed by atoms with Crippen LogP contribution in [0.2, 0.25) is 0 Å². The van der Waals surface area contributed by atoms with Gasteiger partial charge >= 0.3 is 0 Å². The van der Waals surface area contributed by atoms with Crippen LogP contribution in [-0.4, -0.2) is 17.1 Å². The van der Waals surface area contributed by atoms with E-state index in [9.17, 15) is 0 Å². The summed E-state index contributed by atoms with van der Waals surface area (Å²) >= 11 is 0. The van der Waals surface area contributed by atoms with Gasteiger partial charge in [-0.25, -0.2) is 0 Å². The molecule has 1 fully saturated rings. The summed E-state index contributed by atoms with van der Waals surface area (Å²) in [5.41, 5.74) is 8.23. The van der Waals surface area contributed by atoms with Gasteiger partial charge in [-0.2, -0.15) is 0 Å². The highest BCUT2D eigenvalue weighted by Gasteiger charge is 2.31. The Morgan fingerprint density at radius 1 is 1.44 bits per heavy atom. The number of nitrogens with zero attached hydrogens (tertiary/aromatic N) is 2. The lowest BCUT2D eigenvalue weighted by Crippen LogP contribution is -2.38. The minimum atomic E-state index is 0.0145. The molecule has 0 spiro atoms. The zero-order valence-electron chi connectivity index (χ0n) is 10.4. The average Bonchev–Trinajstić information content (AvgIpc) is 2.58. The molecule has 0 bridgehead atoms. The fourth-order valence-electron chi connectivity index (χ4n) is 2.41. The zero-order valence-corrected chi connectivity index (χ0v) is 10.4. The molecule has 2 heterocycles. The predicted octanol–water partition coefficient (Wildman–Crippen LogP) is 2.48. The Morgan fingerprint density at radius 3 is 2.62 bits per heavy atom. The second kappa shape index (κ2) is 4.06. The SMILES string of the molecule is C[C@H](N)c1ccc(N2CCCC2(C)C)cn1. The van der Waals surface area contributed by atoms with Gasteiger partial charge in [-0.3, -0.25) is 4.98 Å². The predicted molar refractivity (Wildman–Crippen MR) is 67.5 cm³/mol. The van der Waals surface area contributed by atoms with Crippen molar-refractivity contribution in [3.8, 4) is 0 Å². The third-order valence-electron chi connectivity index (χ3n) is 3.45. The van der Waals surface area contributed by atoms with Crippen LogP contribution in [0.15, 0.2) is 18.3 Å². The topological polar surface area (TPSA) is 42.1 Å². The van der Waals surface area contributed by atoms with Gasteiger partial charge in [0.2, 0.25) is 0 Å². The van der Waals surface area contributed by atoms with Crippen molar-refractivity contribution < 1.29 is 0 Å². The summed E-state index contributed by atoms with van der Waals surface area (Å²) in [7, 11) is 0. The van der Waals surface area contributed by atoms with Crippen molar-refractivity contribution in [2.24, 2.45) is 5.73 Å². The number of hydrogen-bond donors (Lipinski definition) is 1. The molecule has 1 saturated heterocycles. The second-order valence-corrected chi connectivity index (χ2v) is 5.30. The van der Waals surface area contributed by atoms with Gasteiger partial charge in [0.05, 0.1) is 17.6 Å². The van der Waals surface area contributed by atoms with E-state index >= 15 is 0 Å². The molecule has 2 rings (SSSR count). The highest BCUT2D eigenvalue weighted by molar-refractivity contribution is 5.48. The van der Waals surface area contributed by atoms with Crippen LogP contribution >= 0.6 is 0 Å². The van der Waals surface area contributed by atoms with E-state index in [2.05, 4.69) is 29.8 Å². The monoisotopic (exact) mass is 219 g/mol. The zero-order chi connectivity index (χ0) is 11.8. The quantitative estimate of drug-likeness (QED) is 0.831. The van der Waals surface area contributed by atoms with Crippen LogP contribution in [0.5, 0.6) is 0 Å². The molecule has 0 aromatic carbocycles. The van der Waals surface area contributed by atoms with Crippen LogP contribution in [0.3, 0.4) is 0 Å². The number of aromatic nitrogens is 1. The Balaban J connectivity index is 2.22. The van der Waals surface area contributed by atoms with Gasteiger partial charge in [-0.15, -0.1) is 0 Å². The third kappa shape index (κ3) is 2.05. The van der Waals surface area contributed by atoms with E-state index in [1.807, 2.05) is 19.2 Å². The molecule has 1 aliphatic rings. The van der Waals surface area contributed by atoms with Crippen molar-refractivity contribution in [2.45, 2.75) is 45.2 Å². The molecule has 16 heavy (non-hydrogen) atoms. The second-order valence-electron chi connectivity index (χ2n) is 5.30. The molecule has 1 aromatic rings. The first-order valence-corrected chi connectivity index (χ1v) is 6.00. The highest BCUT2D eigenvalue weighted by Crippen LogP contribution is 2.33. The summed E-state index contributed by atoms with van der Waals surface area (Å²) < 4.78 is 0. The van der Waals surface area contributed by atoms with E-state index in [0.717, 1.165) is 12.2 Å². The number of hydrogen-bond acceptors (Lipinski definition) is 3. The van der Waals surface area contributed by atoms with Gasteiger partial charge in [0.25, 0.3) is 0 Å². The Morgan fingerprint density at radius 2 is 2.19 bits per heavy atom. The number of rotatable bonds is 2. The molecule has 0 saturated carbocycles. The molecule has 3 heteroatoms. The normalized spacial score (nSPS) is 21.1. The van der Waals surface area contributed by atoms with Crippen molar-refractivity contribution in [3.63, 3.8) is 0 Å². The number of anilines is 1. The smallest absolute Gasteiger partial charge is 0.0569 e. The van der Waals surface area contributed by atoms with Gasteiger partial charge in [-0.1, -0.05) is 0 Å². The lowest BCUT2D eigenvalue weighted by atomic mass is 10.0. The van der Waals surface area contributed by atoms with Crippen molar-refractivity contribution in [1.29, 1.82) is 0 Å². The minimum absolute atomic E-state index is 0.0145. The van der Waals surface area contributed by atoms with E-state index < -0.39 is 0 Å². The van der Waals surface area contributed by atoms with Gasteiger partial charge in [-0.05, 0) is 45.7 Å². The molecule has 3 nitrogen and oxygen atoms in total. The fraction of sp³-hybridized carbons (Fsp3) is 0.615. The van der Waals surface area contributed by atoms with Gasteiger partial charge < -0.3 is 10.6 Å². The number of nitrogens with two attached hydrogens (primary N) is 1. The molecule has 88 valence electrons. The maximum atomic E-state index is 5.79. The largest absolute Gasteiger partial charge is 0.365 e. The standard InChI is InChI=1S/C13H21N3/c1-10(14)12-6-5-11(9-15-12)16-8-4-7-13(16,2)3/h5-6,9-10H,4,7-8,14H2,1-3H3/t10-/m0/s1. The van der Waals surface area contributed by atoms with Gasteiger partial charge in [0.15, 0.2) is 0 Å². The fourth-order valence-corrected chi connectivity index (χ4v) is 2.41. The number of pyridine rings is 1. The summed E-state index contributed by atoms with van der Waals surface area (Å²) in [6, 6.07) is 4.19. The first-order chi connectivity index (χ1) is 7.50. The Labute approximate surface area is 97.7 Å². The molecule has 1 aromatic heterocycles. The van der Waals surface area contributed by atoms with E-state index in [1.54, 1.807) is 0 Å². The molecule has 1 aliphatic heterocycles. The maximum absolute atomic E-state index is 5.79. The maximum Gasteiger partial charge on any atom is 0.0569 e. The van der Waals surface area contributed by atoms with Crippen LogP contribution in [0.25, 0.3) is 0 Å².